The standard InChI is InChI=1S/C19H21N11O2/c1-32-17(31)14-7-12(30-21-10-20-27-30)9-29(14)19-23-16-3-2-6-28(16)18(24-19)22-15-8-13(25-26-15)11-4-5-11/h2-3,6,8,10-12,14H,4-5,7,9H2,1H3,(H2,22,23,24,25,26). The van der Waals surface area contributed by atoms with Crippen molar-refractivity contribution < 1.29 is 9.53 Å². The highest BCUT2D eigenvalue weighted by molar-refractivity contribution is 5.80. The second-order valence-corrected chi connectivity index (χ2v) is 8.03. The van der Waals surface area contributed by atoms with E-state index in [1.807, 2.05) is 33.7 Å². The zero-order chi connectivity index (χ0) is 21.7. The molecule has 4 aromatic rings. The third kappa shape index (κ3) is 3.21. The number of tetrazole rings is 1. The van der Waals surface area contributed by atoms with Crippen LogP contribution in [0, 0.1) is 0 Å². The first-order valence-corrected chi connectivity index (χ1v) is 10.4. The van der Waals surface area contributed by atoms with Crippen LogP contribution in [0.2, 0.25) is 0 Å². The largest absolute Gasteiger partial charge is 0.467 e. The van der Waals surface area contributed by atoms with E-state index in [1.165, 1.54) is 31.1 Å². The summed E-state index contributed by atoms with van der Waals surface area (Å²) < 4.78 is 6.89. The van der Waals surface area contributed by atoms with Gasteiger partial charge in [-0.05, 0) is 30.2 Å². The Kier molecular flexibility index (Phi) is 4.26. The van der Waals surface area contributed by atoms with Gasteiger partial charge in [-0.2, -0.15) is 19.9 Å². The van der Waals surface area contributed by atoms with E-state index in [0.717, 1.165) is 5.69 Å². The number of nitrogens with one attached hydrogen (secondary N) is 2. The fourth-order valence-corrected chi connectivity index (χ4v) is 4.16. The molecule has 13 nitrogen and oxygen atoms in total. The number of aromatic amines is 1. The molecule has 2 unspecified atom stereocenters. The van der Waals surface area contributed by atoms with Gasteiger partial charge in [0.25, 0.3) is 0 Å². The zero-order valence-corrected chi connectivity index (χ0v) is 17.3. The van der Waals surface area contributed by atoms with E-state index in [-0.39, 0.29) is 12.0 Å². The number of H-pyrrole nitrogens is 1. The SMILES string of the molecule is COC(=O)C1CC(n2ncnn2)CN1c1nc(Nc2cc(C3CC3)[nH]n2)n2cccc2n1. The minimum Gasteiger partial charge on any atom is -0.467 e. The Morgan fingerprint density at radius 2 is 2.22 bits per heavy atom. The summed E-state index contributed by atoms with van der Waals surface area (Å²) in [4.78, 5) is 25.3. The number of carbonyl (C=O) groups is 1. The summed E-state index contributed by atoms with van der Waals surface area (Å²) >= 11 is 0. The molecule has 1 saturated carbocycles. The molecule has 5 heterocycles. The van der Waals surface area contributed by atoms with Crippen molar-refractivity contribution in [1.82, 2.24) is 44.8 Å². The molecular formula is C19H21N11O2. The molecule has 0 aromatic carbocycles. The monoisotopic (exact) mass is 435 g/mol. The number of fused-ring (bicyclic) bond motifs is 1. The zero-order valence-electron chi connectivity index (χ0n) is 17.3. The van der Waals surface area contributed by atoms with Crippen LogP contribution >= 0.6 is 0 Å². The van der Waals surface area contributed by atoms with Crippen LogP contribution in [0.4, 0.5) is 17.7 Å². The fourth-order valence-electron chi connectivity index (χ4n) is 4.16. The highest BCUT2D eigenvalue weighted by Gasteiger charge is 2.41. The Balaban J connectivity index is 1.36. The molecule has 32 heavy (non-hydrogen) atoms. The van der Waals surface area contributed by atoms with Crippen LogP contribution in [-0.2, 0) is 9.53 Å². The maximum atomic E-state index is 12.6. The van der Waals surface area contributed by atoms with E-state index in [4.69, 9.17) is 9.72 Å². The maximum absolute atomic E-state index is 12.6. The molecule has 0 amide bonds. The Bertz CT molecular complexity index is 1260. The Hall–Kier alpha value is -4.03. The van der Waals surface area contributed by atoms with E-state index < -0.39 is 6.04 Å². The van der Waals surface area contributed by atoms with Crippen LogP contribution in [0.25, 0.3) is 5.65 Å². The van der Waals surface area contributed by atoms with Gasteiger partial charge in [-0.15, -0.1) is 10.2 Å². The van der Waals surface area contributed by atoms with Crippen molar-refractivity contribution in [1.29, 1.82) is 0 Å². The summed E-state index contributed by atoms with van der Waals surface area (Å²) in [5.41, 5.74) is 1.82. The number of ether oxygens (including phenoxy) is 1. The third-order valence-electron chi connectivity index (χ3n) is 5.93. The molecule has 2 fully saturated rings. The predicted octanol–water partition coefficient (Wildman–Crippen LogP) is 1.05. The predicted molar refractivity (Wildman–Crippen MR) is 111 cm³/mol. The summed E-state index contributed by atoms with van der Waals surface area (Å²) in [5.74, 6) is 1.85. The van der Waals surface area contributed by atoms with Crippen LogP contribution in [-0.4, -0.2) is 70.4 Å². The highest BCUT2D eigenvalue weighted by Crippen LogP contribution is 2.39. The number of aromatic nitrogens is 9. The third-order valence-corrected chi connectivity index (χ3v) is 5.93. The second kappa shape index (κ2) is 7.28. The Labute approximate surface area is 181 Å². The van der Waals surface area contributed by atoms with Crippen LogP contribution in [0.1, 0.15) is 36.9 Å². The van der Waals surface area contributed by atoms with Crippen molar-refractivity contribution in [2.24, 2.45) is 0 Å². The van der Waals surface area contributed by atoms with Crippen LogP contribution in [0.15, 0.2) is 30.7 Å². The van der Waals surface area contributed by atoms with Gasteiger partial charge in [0.15, 0.2) is 12.1 Å². The summed E-state index contributed by atoms with van der Waals surface area (Å²) in [6.07, 6.45) is 6.09. The molecule has 1 aliphatic heterocycles. The summed E-state index contributed by atoms with van der Waals surface area (Å²) in [6, 6.07) is 5.07. The lowest BCUT2D eigenvalue weighted by atomic mass is 10.2. The minimum atomic E-state index is -0.562. The van der Waals surface area contributed by atoms with Gasteiger partial charge < -0.3 is 15.0 Å². The Morgan fingerprint density at radius 1 is 1.31 bits per heavy atom. The summed E-state index contributed by atoms with van der Waals surface area (Å²) in [7, 11) is 1.38. The second-order valence-electron chi connectivity index (χ2n) is 8.03. The van der Waals surface area contributed by atoms with Gasteiger partial charge in [0.2, 0.25) is 11.9 Å². The molecule has 2 aliphatic rings. The van der Waals surface area contributed by atoms with Gasteiger partial charge in [-0.3, -0.25) is 9.50 Å². The number of nitrogens with zero attached hydrogens (tertiary/aromatic N) is 9. The first kappa shape index (κ1) is 18.7. The number of rotatable bonds is 6. The smallest absolute Gasteiger partial charge is 0.328 e. The molecule has 164 valence electrons. The van der Waals surface area contributed by atoms with Gasteiger partial charge in [0.05, 0.1) is 13.2 Å². The van der Waals surface area contributed by atoms with E-state index in [2.05, 4.69) is 35.9 Å². The first-order valence-electron chi connectivity index (χ1n) is 10.4. The van der Waals surface area contributed by atoms with Crippen molar-refractivity contribution in [2.75, 3.05) is 23.9 Å². The number of anilines is 3. The first-order chi connectivity index (χ1) is 15.7. The number of hydrogen-bond acceptors (Lipinski definition) is 10. The molecule has 0 bridgehead atoms. The number of carbonyl (C=O) groups excluding carboxylic acids is 1. The topological polar surface area (TPSA) is 144 Å². The van der Waals surface area contributed by atoms with Gasteiger partial charge in [-0.1, -0.05) is 0 Å². The van der Waals surface area contributed by atoms with E-state index >= 15 is 0 Å². The number of esters is 1. The van der Waals surface area contributed by atoms with Gasteiger partial charge >= 0.3 is 5.97 Å². The maximum Gasteiger partial charge on any atom is 0.328 e. The van der Waals surface area contributed by atoms with Crippen LogP contribution in [0.3, 0.4) is 0 Å². The number of hydrogen-bond donors (Lipinski definition) is 2. The molecular weight excluding hydrogens is 414 g/mol. The number of methoxy groups -OCH3 is 1. The van der Waals surface area contributed by atoms with E-state index in [9.17, 15) is 4.79 Å². The molecule has 6 rings (SSSR count). The molecule has 0 spiro atoms. The average Bonchev–Trinajstić information content (AvgIpc) is 3.29. The lowest BCUT2D eigenvalue weighted by molar-refractivity contribution is -0.142. The molecule has 2 atom stereocenters. The van der Waals surface area contributed by atoms with E-state index in [1.54, 1.807) is 0 Å². The molecule has 0 radical (unpaired) electrons. The van der Waals surface area contributed by atoms with Crippen LogP contribution < -0.4 is 10.2 Å². The van der Waals surface area contributed by atoms with E-state index in [0.29, 0.717) is 42.2 Å². The minimum absolute atomic E-state index is 0.155. The quantitative estimate of drug-likeness (QED) is 0.422. The van der Waals surface area contributed by atoms with Crippen molar-refractivity contribution in [3.05, 3.63) is 36.4 Å². The molecule has 4 aromatic heterocycles. The van der Waals surface area contributed by atoms with Gasteiger partial charge in [0.1, 0.15) is 11.7 Å². The normalized spacial score (nSPS) is 20.7. The van der Waals surface area contributed by atoms with Crippen LogP contribution in [0.5, 0.6) is 0 Å². The molecule has 1 aliphatic carbocycles. The Morgan fingerprint density at radius 3 is 3.00 bits per heavy atom. The van der Waals surface area contributed by atoms with Crippen molar-refractivity contribution in [3.8, 4) is 0 Å². The van der Waals surface area contributed by atoms with Crippen molar-refractivity contribution in [2.45, 2.75) is 37.3 Å². The molecule has 2 N–H and O–H groups in total. The molecule has 1 saturated heterocycles. The van der Waals surface area contributed by atoms with Gasteiger partial charge in [-0.25, -0.2) is 4.79 Å². The lowest BCUT2D eigenvalue weighted by Gasteiger charge is -2.23. The van der Waals surface area contributed by atoms with Crippen molar-refractivity contribution in [3.63, 3.8) is 0 Å². The lowest BCUT2D eigenvalue weighted by Crippen LogP contribution is -2.38. The highest BCUT2D eigenvalue weighted by atomic mass is 16.5. The van der Waals surface area contributed by atoms with Gasteiger partial charge in [0, 0.05) is 36.8 Å². The van der Waals surface area contributed by atoms with Crippen molar-refractivity contribution >= 4 is 29.3 Å². The fraction of sp³-hybridized carbons (Fsp3) is 0.421. The summed E-state index contributed by atoms with van der Waals surface area (Å²) in [6.45, 7) is 0.445. The summed E-state index contributed by atoms with van der Waals surface area (Å²) in [5, 5.41) is 22.6. The average molecular weight is 435 g/mol. The molecule has 13 heteroatoms.